The Bertz CT molecular complexity index is 740. The van der Waals surface area contributed by atoms with Crippen molar-refractivity contribution in [2.24, 2.45) is 5.92 Å². The van der Waals surface area contributed by atoms with Crippen molar-refractivity contribution in [2.45, 2.75) is 102 Å². The van der Waals surface area contributed by atoms with Crippen molar-refractivity contribution in [1.82, 2.24) is 4.90 Å². The highest BCUT2D eigenvalue weighted by molar-refractivity contribution is 6.42. The molecule has 3 fully saturated rings. The second kappa shape index (κ2) is 10.2. The number of unbranched alkanes of at least 4 members (excludes halogenated alkanes) is 6. The number of hydrogen-bond donors (Lipinski definition) is 0. The van der Waals surface area contributed by atoms with E-state index in [1.807, 2.05) is 12.1 Å². The van der Waals surface area contributed by atoms with E-state index in [9.17, 15) is 4.79 Å². The van der Waals surface area contributed by atoms with E-state index in [1.165, 1.54) is 50.5 Å². The highest BCUT2D eigenvalue weighted by Gasteiger charge is 2.56. The fourth-order valence-electron chi connectivity index (χ4n) is 6.14. The van der Waals surface area contributed by atoms with Gasteiger partial charge in [0, 0.05) is 31.0 Å². The lowest BCUT2D eigenvalue weighted by atomic mass is 9.76. The zero-order valence-corrected chi connectivity index (χ0v) is 19.6. The Morgan fingerprint density at radius 1 is 1.07 bits per heavy atom. The smallest absolute Gasteiger partial charge is 0.306 e. The molecular formula is C25H35Cl2NO2. The van der Waals surface area contributed by atoms with Gasteiger partial charge in [-0.25, -0.2) is 0 Å². The quantitative estimate of drug-likeness (QED) is 0.283. The van der Waals surface area contributed by atoms with Crippen LogP contribution in [0.2, 0.25) is 10.0 Å². The first-order valence-corrected chi connectivity index (χ1v) is 12.7. The van der Waals surface area contributed by atoms with Gasteiger partial charge in [0.25, 0.3) is 0 Å². The Balaban J connectivity index is 1.34. The molecule has 3 aliphatic heterocycles. The third-order valence-corrected chi connectivity index (χ3v) is 8.32. The number of rotatable bonds is 10. The summed E-state index contributed by atoms with van der Waals surface area (Å²) in [5.41, 5.74) is 1.25. The molecule has 6 atom stereocenters. The van der Waals surface area contributed by atoms with E-state index >= 15 is 0 Å². The fourth-order valence-corrected chi connectivity index (χ4v) is 6.45. The van der Waals surface area contributed by atoms with Crippen LogP contribution >= 0.6 is 23.2 Å². The van der Waals surface area contributed by atoms with E-state index in [1.54, 1.807) is 0 Å². The van der Waals surface area contributed by atoms with Crippen LogP contribution in [0.4, 0.5) is 0 Å². The molecule has 0 spiro atoms. The van der Waals surface area contributed by atoms with Gasteiger partial charge in [-0.1, -0.05) is 74.7 Å². The summed E-state index contributed by atoms with van der Waals surface area (Å²) in [6, 6.07) is 7.20. The zero-order valence-electron chi connectivity index (χ0n) is 18.1. The van der Waals surface area contributed by atoms with Gasteiger partial charge in [-0.05, 0) is 49.3 Å². The topological polar surface area (TPSA) is 29.5 Å². The molecule has 0 amide bonds. The lowest BCUT2D eigenvalue weighted by molar-refractivity contribution is -0.150. The van der Waals surface area contributed by atoms with Crippen molar-refractivity contribution in [3.05, 3.63) is 33.8 Å². The molecule has 3 saturated heterocycles. The van der Waals surface area contributed by atoms with Gasteiger partial charge in [0.1, 0.15) is 6.10 Å². The van der Waals surface area contributed by atoms with Gasteiger partial charge in [-0.3, -0.25) is 9.69 Å². The molecule has 0 aromatic heterocycles. The van der Waals surface area contributed by atoms with Gasteiger partial charge in [0.05, 0.1) is 10.0 Å². The third kappa shape index (κ3) is 4.84. The molecule has 1 aromatic carbocycles. The molecule has 30 heavy (non-hydrogen) atoms. The SMILES string of the molecule is CCCCCCCCCC(=O)O[C@H]1CN2[C@@H]3CC[C@H]2[C@H]1[C@H](c1ccc(Cl)c(Cl)c1)C3. The molecule has 0 N–H and O–H groups in total. The van der Waals surface area contributed by atoms with E-state index in [4.69, 9.17) is 27.9 Å². The average molecular weight is 452 g/mol. The number of carbonyl (C=O) groups is 1. The molecule has 1 unspecified atom stereocenters. The largest absolute Gasteiger partial charge is 0.461 e. The number of nitrogens with zero attached hydrogens (tertiary/aromatic N) is 1. The molecule has 4 rings (SSSR count). The summed E-state index contributed by atoms with van der Waals surface area (Å²) in [6.45, 7) is 3.14. The molecular weight excluding hydrogens is 417 g/mol. The fraction of sp³-hybridized carbons (Fsp3) is 0.720. The van der Waals surface area contributed by atoms with Gasteiger partial charge in [-0.15, -0.1) is 0 Å². The minimum Gasteiger partial charge on any atom is -0.461 e. The Hall–Kier alpha value is -0.770. The Labute approximate surface area is 191 Å². The summed E-state index contributed by atoms with van der Waals surface area (Å²) in [5.74, 6) is 0.762. The Morgan fingerprint density at radius 2 is 1.83 bits per heavy atom. The van der Waals surface area contributed by atoms with Crippen molar-refractivity contribution >= 4 is 29.2 Å². The third-order valence-electron chi connectivity index (χ3n) is 7.58. The van der Waals surface area contributed by atoms with E-state index in [0.717, 1.165) is 25.8 Å². The van der Waals surface area contributed by atoms with Crippen molar-refractivity contribution in [2.75, 3.05) is 6.54 Å². The average Bonchev–Trinajstić information content (AvgIpc) is 3.14. The number of hydrogen-bond acceptors (Lipinski definition) is 3. The number of piperidine rings is 1. The van der Waals surface area contributed by atoms with Gasteiger partial charge in [0.15, 0.2) is 0 Å². The molecule has 3 aliphatic rings. The lowest BCUT2D eigenvalue weighted by Crippen LogP contribution is -2.41. The standard InChI is InChI=1S/C25H35Cl2NO2/c1-2-3-4-5-6-7-8-9-24(29)30-23-16-28-18-11-13-22(28)25(23)19(15-18)17-10-12-20(26)21(27)14-17/h10,12,14,18-19,22-23,25H,2-9,11,13,15-16H2,1H3/t18-,19+,22+,23+,25-/m1/s1. The van der Waals surface area contributed by atoms with Crippen LogP contribution in [0.15, 0.2) is 18.2 Å². The van der Waals surface area contributed by atoms with Crippen LogP contribution in [0, 0.1) is 5.92 Å². The molecule has 0 radical (unpaired) electrons. The Kier molecular flexibility index (Phi) is 7.65. The van der Waals surface area contributed by atoms with Crippen molar-refractivity contribution in [3.8, 4) is 0 Å². The molecule has 4 bridgehead atoms. The van der Waals surface area contributed by atoms with Crippen molar-refractivity contribution in [3.63, 3.8) is 0 Å². The first-order chi connectivity index (χ1) is 14.6. The maximum atomic E-state index is 12.6. The van der Waals surface area contributed by atoms with Crippen LogP contribution in [0.1, 0.15) is 89.0 Å². The van der Waals surface area contributed by atoms with Gasteiger partial charge in [-0.2, -0.15) is 0 Å². The van der Waals surface area contributed by atoms with E-state index in [0.29, 0.717) is 40.4 Å². The van der Waals surface area contributed by atoms with Crippen LogP contribution in [-0.2, 0) is 9.53 Å². The molecule has 3 nitrogen and oxygen atoms in total. The highest BCUT2D eigenvalue weighted by Crippen LogP contribution is 2.53. The van der Waals surface area contributed by atoms with Gasteiger partial charge in [0.2, 0.25) is 0 Å². The second-order valence-electron chi connectivity index (χ2n) is 9.49. The maximum Gasteiger partial charge on any atom is 0.306 e. The second-order valence-corrected chi connectivity index (χ2v) is 10.3. The number of halogens is 2. The van der Waals surface area contributed by atoms with Crippen LogP contribution in [0.25, 0.3) is 0 Å². The summed E-state index contributed by atoms with van der Waals surface area (Å²) in [7, 11) is 0. The van der Waals surface area contributed by atoms with E-state index in [-0.39, 0.29) is 12.1 Å². The summed E-state index contributed by atoms with van der Waals surface area (Å²) in [4.78, 5) is 15.2. The molecule has 0 aliphatic carbocycles. The number of esters is 1. The summed E-state index contributed by atoms with van der Waals surface area (Å²) < 4.78 is 6.09. The van der Waals surface area contributed by atoms with Crippen LogP contribution in [0.3, 0.4) is 0 Å². The molecule has 0 saturated carbocycles. The summed E-state index contributed by atoms with van der Waals surface area (Å²) in [5, 5.41) is 1.22. The van der Waals surface area contributed by atoms with Crippen LogP contribution in [0.5, 0.6) is 0 Å². The normalized spacial score (nSPS) is 31.8. The number of ether oxygens (including phenoxy) is 1. The van der Waals surface area contributed by atoms with Crippen molar-refractivity contribution in [1.29, 1.82) is 0 Å². The number of carbonyl (C=O) groups excluding carboxylic acids is 1. The molecule has 3 heterocycles. The Morgan fingerprint density at radius 3 is 2.60 bits per heavy atom. The number of benzene rings is 1. The minimum absolute atomic E-state index is 0.00827. The molecule has 5 heteroatoms. The van der Waals surface area contributed by atoms with Gasteiger partial charge < -0.3 is 4.74 Å². The van der Waals surface area contributed by atoms with E-state index in [2.05, 4.69) is 17.9 Å². The predicted octanol–water partition coefficient (Wildman–Crippen LogP) is 7.00. The van der Waals surface area contributed by atoms with E-state index < -0.39 is 0 Å². The predicted molar refractivity (Wildman–Crippen MR) is 123 cm³/mol. The summed E-state index contributed by atoms with van der Waals surface area (Å²) in [6.07, 6.45) is 12.7. The zero-order chi connectivity index (χ0) is 21.1. The first kappa shape index (κ1) is 22.4. The van der Waals surface area contributed by atoms with Crippen LogP contribution in [-0.4, -0.2) is 35.6 Å². The minimum atomic E-state index is -0.00827. The van der Waals surface area contributed by atoms with Gasteiger partial charge >= 0.3 is 5.97 Å². The molecule has 166 valence electrons. The van der Waals surface area contributed by atoms with Crippen molar-refractivity contribution < 1.29 is 9.53 Å². The molecule has 1 aromatic rings. The first-order valence-electron chi connectivity index (χ1n) is 12.0. The summed E-state index contributed by atoms with van der Waals surface area (Å²) >= 11 is 12.5. The van der Waals surface area contributed by atoms with Crippen LogP contribution < -0.4 is 0 Å². The maximum absolute atomic E-state index is 12.6. The lowest BCUT2D eigenvalue weighted by Gasteiger charge is -2.37. The highest BCUT2D eigenvalue weighted by atomic mass is 35.5. The monoisotopic (exact) mass is 451 g/mol.